The fraction of sp³-hybridized carbons (Fsp3) is 0.533. The lowest BCUT2D eigenvalue weighted by Crippen LogP contribution is -2.29. The van der Waals surface area contributed by atoms with Crippen LogP contribution in [0, 0.1) is 0 Å². The van der Waals surface area contributed by atoms with E-state index in [9.17, 15) is 9.59 Å². The van der Waals surface area contributed by atoms with Gasteiger partial charge in [-0.3, -0.25) is 10.1 Å². The van der Waals surface area contributed by atoms with E-state index in [0.717, 1.165) is 0 Å². The van der Waals surface area contributed by atoms with E-state index < -0.39 is 11.7 Å². The minimum absolute atomic E-state index is 0.139. The Morgan fingerprint density at radius 2 is 2.00 bits per heavy atom. The molecule has 1 aromatic heterocycles. The third-order valence-electron chi connectivity index (χ3n) is 2.77. The summed E-state index contributed by atoms with van der Waals surface area (Å²) in [7, 11) is 3.08. The molecule has 1 aromatic rings. The summed E-state index contributed by atoms with van der Waals surface area (Å²) in [4.78, 5) is 29.7. The van der Waals surface area contributed by atoms with Crippen LogP contribution in [0.2, 0.25) is 0 Å². The van der Waals surface area contributed by atoms with Crippen LogP contribution in [-0.2, 0) is 4.74 Å². The summed E-state index contributed by atoms with van der Waals surface area (Å²) in [5, 5.41) is 2.57. The predicted octanol–water partition coefficient (Wildman–Crippen LogP) is 2.53. The number of rotatable bonds is 4. The number of aromatic nitrogens is 1. The predicted molar refractivity (Wildman–Crippen MR) is 83.3 cm³/mol. The number of hydrogen-bond donors (Lipinski definition) is 1. The number of anilines is 1. The van der Waals surface area contributed by atoms with Gasteiger partial charge in [0.15, 0.2) is 11.4 Å². The van der Waals surface area contributed by atoms with E-state index in [1.807, 2.05) is 6.92 Å². The van der Waals surface area contributed by atoms with Crippen molar-refractivity contribution in [1.29, 1.82) is 0 Å². The average molecular weight is 309 g/mol. The van der Waals surface area contributed by atoms with E-state index >= 15 is 0 Å². The van der Waals surface area contributed by atoms with Crippen LogP contribution < -0.4 is 10.1 Å². The molecule has 0 atom stereocenters. The van der Waals surface area contributed by atoms with E-state index in [1.54, 1.807) is 33.9 Å². The maximum Gasteiger partial charge on any atom is 0.412 e. The standard InChI is InChI=1S/C15H23N3O4/c1-7-18(5)13(19)11-12(21-6)10(8-9-16-11)17-14(20)22-15(2,3)4/h8-9H,7H2,1-6H3,(H,16,17,20). The van der Waals surface area contributed by atoms with Gasteiger partial charge in [-0.15, -0.1) is 0 Å². The first-order chi connectivity index (χ1) is 10.2. The first-order valence-electron chi connectivity index (χ1n) is 6.98. The van der Waals surface area contributed by atoms with Gasteiger partial charge in [0.2, 0.25) is 0 Å². The van der Waals surface area contributed by atoms with Gasteiger partial charge in [0.05, 0.1) is 12.8 Å². The minimum atomic E-state index is -0.626. The van der Waals surface area contributed by atoms with E-state index in [2.05, 4.69) is 10.3 Å². The van der Waals surface area contributed by atoms with Gasteiger partial charge in [-0.1, -0.05) is 0 Å². The molecule has 0 saturated carbocycles. The lowest BCUT2D eigenvalue weighted by molar-refractivity contribution is 0.0634. The molecule has 2 amide bonds. The fourth-order valence-electron chi connectivity index (χ4n) is 1.64. The number of nitrogens with one attached hydrogen (secondary N) is 1. The Balaban J connectivity index is 3.07. The lowest BCUT2D eigenvalue weighted by atomic mass is 10.2. The summed E-state index contributed by atoms with van der Waals surface area (Å²) in [5.74, 6) is -0.0779. The molecule has 122 valence electrons. The van der Waals surface area contributed by atoms with E-state index in [-0.39, 0.29) is 17.4 Å². The van der Waals surface area contributed by atoms with Crippen molar-refractivity contribution >= 4 is 17.7 Å². The van der Waals surface area contributed by atoms with E-state index in [1.165, 1.54) is 18.2 Å². The zero-order valence-corrected chi connectivity index (χ0v) is 13.9. The van der Waals surface area contributed by atoms with Gasteiger partial charge in [-0.25, -0.2) is 9.78 Å². The van der Waals surface area contributed by atoms with Gasteiger partial charge in [-0.2, -0.15) is 0 Å². The van der Waals surface area contributed by atoms with Crippen LogP contribution >= 0.6 is 0 Å². The Morgan fingerprint density at radius 3 is 2.50 bits per heavy atom. The van der Waals surface area contributed by atoms with Crippen LogP contribution in [0.5, 0.6) is 5.75 Å². The normalized spacial score (nSPS) is 10.8. The number of ether oxygens (including phenoxy) is 2. The second kappa shape index (κ2) is 7.11. The van der Waals surface area contributed by atoms with Crippen molar-refractivity contribution in [3.8, 4) is 5.75 Å². The zero-order chi connectivity index (χ0) is 16.9. The largest absolute Gasteiger partial charge is 0.492 e. The van der Waals surface area contributed by atoms with Crippen molar-refractivity contribution in [2.24, 2.45) is 0 Å². The summed E-state index contributed by atoms with van der Waals surface area (Å²) < 4.78 is 10.4. The van der Waals surface area contributed by atoms with Crippen molar-refractivity contribution in [3.05, 3.63) is 18.0 Å². The Hall–Kier alpha value is -2.31. The number of carbonyl (C=O) groups excluding carboxylic acids is 2. The van der Waals surface area contributed by atoms with Gasteiger partial charge >= 0.3 is 6.09 Å². The van der Waals surface area contributed by atoms with Crippen LogP contribution in [0.25, 0.3) is 0 Å². The average Bonchev–Trinajstić information content (AvgIpc) is 2.43. The Bertz CT molecular complexity index is 552. The number of methoxy groups -OCH3 is 1. The molecular formula is C15H23N3O4. The SMILES string of the molecule is CCN(C)C(=O)c1nccc(NC(=O)OC(C)(C)C)c1OC. The summed E-state index contributed by atoms with van der Waals surface area (Å²) in [6.07, 6.45) is 0.811. The Labute approximate surface area is 130 Å². The Kier molecular flexibility index (Phi) is 5.73. The number of hydrogen-bond acceptors (Lipinski definition) is 5. The highest BCUT2D eigenvalue weighted by molar-refractivity contribution is 5.98. The third kappa shape index (κ3) is 4.61. The number of pyridine rings is 1. The van der Waals surface area contributed by atoms with E-state index in [4.69, 9.17) is 9.47 Å². The molecule has 1 N–H and O–H groups in total. The number of amides is 2. The fourth-order valence-corrected chi connectivity index (χ4v) is 1.64. The summed E-state index contributed by atoms with van der Waals surface area (Å²) in [5.41, 5.74) is -0.147. The third-order valence-corrected chi connectivity index (χ3v) is 2.77. The first-order valence-corrected chi connectivity index (χ1v) is 6.98. The molecule has 7 heteroatoms. The van der Waals surface area contributed by atoms with E-state index in [0.29, 0.717) is 12.2 Å². The second-order valence-corrected chi connectivity index (χ2v) is 5.69. The molecule has 0 aliphatic rings. The van der Waals surface area contributed by atoms with Gasteiger partial charge in [0.1, 0.15) is 5.60 Å². The summed E-state index contributed by atoms with van der Waals surface area (Å²) >= 11 is 0. The number of nitrogens with zero attached hydrogens (tertiary/aromatic N) is 2. The molecule has 0 aromatic carbocycles. The molecule has 0 fully saturated rings. The smallest absolute Gasteiger partial charge is 0.412 e. The first kappa shape index (κ1) is 17.7. The highest BCUT2D eigenvalue weighted by atomic mass is 16.6. The van der Waals surface area contributed by atoms with Crippen molar-refractivity contribution < 1.29 is 19.1 Å². The molecule has 0 aliphatic heterocycles. The molecule has 0 saturated heterocycles. The topological polar surface area (TPSA) is 80.8 Å². The van der Waals surface area contributed by atoms with Crippen LogP contribution in [0.3, 0.4) is 0 Å². The zero-order valence-electron chi connectivity index (χ0n) is 13.9. The lowest BCUT2D eigenvalue weighted by Gasteiger charge is -2.21. The molecule has 1 rings (SSSR count). The van der Waals surface area contributed by atoms with Crippen molar-refractivity contribution in [1.82, 2.24) is 9.88 Å². The molecular weight excluding hydrogens is 286 g/mol. The molecule has 0 unspecified atom stereocenters. The van der Waals surface area contributed by atoms with Crippen LogP contribution in [0.4, 0.5) is 10.5 Å². The van der Waals surface area contributed by atoms with Crippen molar-refractivity contribution in [2.75, 3.05) is 26.0 Å². The van der Waals surface area contributed by atoms with Gasteiger partial charge in [-0.05, 0) is 33.8 Å². The van der Waals surface area contributed by atoms with Crippen LogP contribution in [-0.4, -0.2) is 48.2 Å². The number of carbonyl (C=O) groups is 2. The second-order valence-electron chi connectivity index (χ2n) is 5.69. The molecule has 1 heterocycles. The van der Waals surface area contributed by atoms with Crippen molar-refractivity contribution in [2.45, 2.75) is 33.3 Å². The maximum atomic E-state index is 12.3. The molecule has 22 heavy (non-hydrogen) atoms. The quantitative estimate of drug-likeness (QED) is 0.924. The maximum absolute atomic E-state index is 12.3. The van der Waals surface area contributed by atoms with Gasteiger partial charge in [0.25, 0.3) is 5.91 Å². The molecule has 0 spiro atoms. The van der Waals surface area contributed by atoms with Crippen LogP contribution in [0.1, 0.15) is 38.2 Å². The molecule has 0 aliphatic carbocycles. The summed E-state index contributed by atoms with van der Waals surface area (Å²) in [6.45, 7) is 7.69. The molecule has 0 radical (unpaired) electrons. The summed E-state index contributed by atoms with van der Waals surface area (Å²) in [6, 6.07) is 1.55. The highest BCUT2D eigenvalue weighted by Crippen LogP contribution is 2.28. The van der Waals surface area contributed by atoms with Crippen molar-refractivity contribution in [3.63, 3.8) is 0 Å². The van der Waals surface area contributed by atoms with Gasteiger partial charge in [0, 0.05) is 19.8 Å². The monoisotopic (exact) mass is 309 g/mol. The minimum Gasteiger partial charge on any atom is -0.492 e. The van der Waals surface area contributed by atoms with Crippen LogP contribution in [0.15, 0.2) is 12.3 Å². The Morgan fingerprint density at radius 1 is 1.36 bits per heavy atom. The highest BCUT2D eigenvalue weighted by Gasteiger charge is 2.22. The molecule has 7 nitrogen and oxygen atoms in total. The molecule has 0 bridgehead atoms. The van der Waals surface area contributed by atoms with Gasteiger partial charge < -0.3 is 14.4 Å².